The minimum Gasteiger partial charge on any atom is -0.481 e. The first-order chi connectivity index (χ1) is 7.68. The Morgan fingerprint density at radius 1 is 1.38 bits per heavy atom. The highest BCUT2D eigenvalue weighted by molar-refractivity contribution is 9.10. The van der Waals surface area contributed by atoms with Gasteiger partial charge < -0.3 is 10.4 Å². The fourth-order valence-electron chi connectivity index (χ4n) is 2.09. The van der Waals surface area contributed by atoms with Gasteiger partial charge in [0.05, 0.1) is 5.92 Å². The van der Waals surface area contributed by atoms with Crippen molar-refractivity contribution in [2.45, 2.75) is 18.9 Å². The lowest BCUT2D eigenvalue weighted by Crippen LogP contribution is -2.36. The third-order valence-corrected chi connectivity index (χ3v) is 3.77. The molecule has 86 valence electrons. The van der Waals surface area contributed by atoms with Gasteiger partial charge >= 0.3 is 5.97 Å². The molecule has 1 aliphatic rings. The summed E-state index contributed by atoms with van der Waals surface area (Å²) in [5.41, 5.74) is 1.21. The lowest BCUT2D eigenvalue weighted by Gasteiger charge is -2.28. The van der Waals surface area contributed by atoms with E-state index in [1.54, 1.807) is 0 Å². The Hall–Kier alpha value is -0.870. The SMILES string of the molecule is O=C(O)C1CCC(c2ccccc2Br)NC1. The van der Waals surface area contributed by atoms with Crippen LogP contribution in [0.25, 0.3) is 0 Å². The molecule has 0 aliphatic carbocycles. The molecule has 1 aromatic rings. The fraction of sp³-hybridized carbons (Fsp3) is 0.417. The molecule has 0 amide bonds. The lowest BCUT2D eigenvalue weighted by molar-refractivity contribution is -0.142. The molecule has 16 heavy (non-hydrogen) atoms. The fourth-order valence-corrected chi connectivity index (χ4v) is 2.65. The maximum absolute atomic E-state index is 10.8. The van der Waals surface area contributed by atoms with Crippen molar-refractivity contribution in [2.24, 2.45) is 5.92 Å². The molecule has 2 rings (SSSR count). The van der Waals surface area contributed by atoms with Crippen LogP contribution < -0.4 is 5.32 Å². The first-order valence-electron chi connectivity index (χ1n) is 5.39. The number of piperidine rings is 1. The molecule has 1 aromatic carbocycles. The number of rotatable bonds is 2. The summed E-state index contributed by atoms with van der Waals surface area (Å²) in [5, 5.41) is 12.2. The normalized spacial score (nSPS) is 25.3. The van der Waals surface area contributed by atoms with Crippen LogP contribution >= 0.6 is 15.9 Å². The average Bonchev–Trinajstić information content (AvgIpc) is 2.30. The number of nitrogens with one attached hydrogen (secondary N) is 1. The Kier molecular flexibility index (Phi) is 3.61. The highest BCUT2D eigenvalue weighted by Gasteiger charge is 2.26. The summed E-state index contributed by atoms with van der Waals surface area (Å²) in [6, 6.07) is 8.34. The van der Waals surface area contributed by atoms with E-state index in [9.17, 15) is 4.79 Å². The van der Waals surface area contributed by atoms with Crippen molar-refractivity contribution in [3.8, 4) is 0 Å². The molecule has 1 saturated heterocycles. The minimum absolute atomic E-state index is 0.237. The average molecular weight is 284 g/mol. The third kappa shape index (κ3) is 2.44. The summed E-state index contributed by atoms with van der Waals surface area (Å²) in [5.74, 6) is -0.934. The maximum atomic E-state index is 10.8. The summed E-state index contributed by atoms with van der Waals surface area (Å²) in [4.78, 5) is 10.8. The van der Waals surface area contributed by atoms with E-state index in [0.29, 0.717) is 6.54 Å². The van der Waals surface area contributed by atoms with Gasteiger partial charge in [0.1, 0.15) is 0 Å². The van der Waals surface area contributed by atoms with Crippen molar-refractivity contribution in [3.05, 3.63) is 34.3 Å². The number of aliphatic carboxylic acids is 1. The van der Waals surface area contributed by atoms with Crippen LogP contribution in [0, 0.1) is 5.92 Å². The standard InChI is InChI=1S/C12H14BrNO2/c13-10-4-2-1-3-9(10)11-6-5-8(7-14-11)12(15)16/h1-4,8,11,14H,5-7H2,(H,15,16). The molecule has 2 unspecified atom stereocenters. The van der Waals surface area contributed by atoms with Gasteiger partial charge in [-0.05, 0) is 24.5 Å². The summed E-state index contributed by atoms with van der Waals surface area (Å²) < 4.78 is 1.08. The molecule has 0 bridgehead atoms. The van der Waals surface area contributed by atoms with E-state index in [1.807, 2.05) is 18.2 Å². The first kappa shape index (κ1) is 11.6. The highest BCUT2D eigenvalue weighted by Crippen LogP contribution is 2.30. The summed E-state index contributed by atoms with van der Waals surface area (Å²) in [7, 11) is 0. The second-order valence-corrected chi connectivity index (χ2v) is 4.95. The molecule has 0 radical (unpaired) electrons. The van der Waals surface area contributed by atoms with Crippen molar-refractivity contribution in [1.29, 1.82) is 0 Å². The summed E-state index contributed by atoms with van der Waals surface area (Å²) in [6.07, 6.45) is 1.62. The Labute approximate surface area is 103 Å². The van der Waals surface area contributed by atoms with Gasteiger partial charge in [0.2, 0.25) is 0 Å². The van der Waals surface area contributed by atoms with E-state index in [2.05, 4.69) is 27.3 Å². The number of hydrogen-bond acceptors (Lipinski definition) is 2. The molecule has 0 aromatic heterocycles. The van der Waals surface area contributed by atoms with E-state index in [0.717, 1.165) is 17.3 Å². The molecular formula is C12H14BrNO2. The Balaban J connectivity index is 2.05. The van der Waals surface area contributed by atoms with Crippen molar-refractivity contribution >= 4 is 21.9 Å². The van der Waals surface area contributed by atoms with Crippen LogP contribution in [0.5, 0.6) is 0 Å². The maximum Gasteiger partial charge on any atom is 0.307 e. The van der Waals surface area contributed by atoms with Crippen LogP contribution in [0.1, 0.15) is 24.4 Å². The number of halogens is 1. The minimum atomic E-state index is -0.696. The van der Waals surface area contributed by atoms with Crippen LogP contribution in [0.2, 0.25) is 0 Å². The Morgan fingerprint density at radius 2 is 2.12 bits per heavy atom. The number of carboxylic acid groups (broad SMARTS) is 1. The number of carboxylic acids is 1. The van der Waals surface area contributed by atoms with Gasteiger partial charge in [0, 0.05) is 17.1 Å². The molecule has 2 atom stereocenters. The molecule has 2 N–H and O–H groups in total. The molecule has 1 aliphatic heterocycles. The van der Waals surface area contributed by atoms with Crippen LogP contribution in [-0.2, 0) is 4.79 Å². The van der Waals surface area contributed by atoms with Gasteiger partial charge in [0.25, 0.3) is 0 Å². The Bertz CT molecular complexity index is 386. The zero-order chi connectivity index (χ0) is 11.5. The molecule has 1 fully saturated rings. The Morgan fingerprint density at radius 3 is 2.69 bits per heavy atom. The van der Waals surface area contributed by atoms with E-state index < -0.39 is 5.97 Å². The van der Waals surface area contributed by atoms with Crippen LogP contribution in [0.15, 0.2) is 28.7 Å². The van der Waals surface area contributed by atoms with Crippen molar-refractivity contribution in [3.63, 3.8) is 0 Å². The third-order valence-electron chi connectivity index (χ3n) is 3.04. The van der Waals surface area contributed by atoms with Crippen molar-refractivity contribution in [2.75, 3.05) is 6.54 Å². The van der Waals surface area contributed by atoms with Gasteiger partial charge in [-0.1, -0.05) is 34.1 Å². The van der Waals surface area contributed by atoms with Crippen molar-refractivity contribution < 1.29 is 9.90 Å². The van der Waals surface area contributed by atoms with Gasteiger partial charge in [0.15, 0.2) is 0 Å². The molecule has 0 saturated carbocycles. The topological polar surface area (TPSA) is 49.3 Å². The number of hydrogen-bond donors (Lipinski definition) is 2. The smallest absolute Gasteiger partial charge is 0.307 e. The molecule has 1 heterocycles. The summed E-state index contributed by atoms with van der Waals surface area (Å²) >= 11 is 3.52. The van der Waals surface area contributed by atoms with Crippen LogP contribution in [-0.4, -0.2) is 17.6 Å². The largest absolute Gasteiger partial charge is 0.481 e. The van der Waals surface area contributed by atoms with Gasteiger partial charge in [-0.3, -0.25) is 4.79 Å². The van der Waals surface area contributed by atoms with Gasteiger partial charge in [-0.2, -0.15) is 0 Å². The zero-order valence-electron chi connectivity index (χ0n) is 8.82. The second-order valence-electron chi connectivity index (χ2n) is 4.09. The highest BCUT2D eigenvalue weighted by atomic mass is 79.9. The summed E-state index contributed by atoms with van der Waals surface area (Å²) in [6.45, 7) is 0.557. The van der Waals surface area contributed by atoms with E-state index >= 15 is 0 Å². The first-order valence-corrected chi connectivity index (χ1v) is 6.18. The zero-order valence-corrected chi connectivity index (χ0v) is 10.4. The predicted molar refractivity (Wildman–Crippen MR) is 65.2 cm³/mol. The van der Waals surface area contributed by atoms with Gasteiger partial charge in [-0.25, -0.2) is 0 Å². The molecular weight excluding hydrogens is 270 g/mol. The van der Waals surface area contributed by atoms with E-state index in [4.69, 9.17) is 5.11 Å². The second kappa shape index (κ2) is 4.97. The van der Waals surface area contributed by atoms with E-state index in [1.165, 1.54) is 5.56 Å². The molecule has 4 heteroatoms. The van der Waals surface area contributed by atoms with E-state index in [-0.39, 0.29) is 12.0 Å². The quantitative estimate of drug-likeness (QED) is 0.877. The lowest BCUT2D eigenvalue weighted by atomic mass is 9.91. The molecule has 3 nitrogen and oxygen atoms in total. The van der Waals surface area contributed by atoms with Gasteiger partial charge in [-0.15, -0.1) is 0 Å². The number of carbonyl (C=O) groups is 1. The van der Waals surface area contributed by atoms with Crippen LogP contribution in [0.3, 0.4) is 0 Å². The predicted octanol–water partition coefficient (Wildman–Crippen LogP) is 2.57. The van der Waals surface area contributed by atoms with Crippen LogP contribution in [0.4, 0.5) is 0 Å². The molecule has 0 spiro atoms. The monoisotopic (exact) mass is 283 g/mol. The van der Waals surface area contributed by atoms with Crippen molar-refractivity contribution in [1.82, 2.24) is 5.32 Å². The number of benzene rings is 1.